The molecule has 0 aromatic heterocycles. The maximum atomic E-state index is 11.3. The van der Waals surface area contributed by atoms with Gasteiger partial charge in [0.2, 0.25) is 0 Å². The van der Waals surface area contributed by atoms with E-state index in [0.29, 0.717) is 0 Å². The molecule has 0 fully saturated rings. The molecule has 0 saturated carbocycles. The summed E-state index contributed by atoms with van der Waals surface area (Å²) < 4.78 is 5.10. The van der Waals surface area contributed by atoms with Gasteiger partial charge < -0.3 is 4.74 Å². The zero-order valence-electron chi connectivity index (χ0n) is 11.3. The summed E-state index contributed by atoms with van der Waals surface area (Å²) in [4.78, 5) is 11.3. The van der Waals surface area contributed by atoms with E-state index < -0.39 is 11.7 Å². The van der Waals surface area contributed by atoms with Crippen molar-refractivity contribution in [1.82, 2.24) is 5.32 Å². The number of nitrogens with one attached hydrogen (secondary N) is 1. The third-order valence-corrected chi connectivity index (χ3v) is 2.16. The molecule has 1 aromatic carbocycles. The van der Waals surface area contributed by atoms with Crippen LogP contribution in [0, 0.1) is 0 Å². The Kier molecular flexibility index (Phi) is 5.43. The molecule has 0 aliphatic carbocycles. The van der Waals surface area contributed by atoms with Crippen LogP contribution in [-0.4, -0.2) is 11.7 Å². The smallest absolute Gasteiger partial charge is 0.411 e. The fraction of sp³-hybridized carbons (Fsp3) is 0.400. The molecule has 1 N–H and O–H groups in total. The number of hydrogen-bond acceptors (Lipinski definition) is 2. The van der Waals surface area contributed by atoms with Crippen molar-refractivity contribution in [3.05, 3.63) is 48.2 Å². The Balaban J connectivity index is 2.20. The van der Waals surface area contributed by atoms with Crippen LogP contribution in [0.3, 0.4) is 0 Å². The molecule has 0 spiro atoms. The molecular weight excluding hydrogens is 226 g/mol. The van der Waals surface area contributed by atoms with Crippen LogP contribution in [0.15, 0.2) is 42.6 Å². The monoisotopic (exact) mass is 247 g/mol. The van der Waals surface area contributed by atoms with Crippen LogP contribution in [0.1, 0.15) is 32.8 Å². The molecule has 1 amide bonds. The van der Waals surface area contributed by atoms with E-state index in [0.717, 1.165) is 12.8 Å². The number of amides is 1. The average Bonchev–Trinajstić information content (AvgIpc) is 2.27. The van der Waals surface area contributed by atoms with Gasteiger partial charge in [-0.2, -0.15) is 0 Å². The lowest BCUT2D eigenvalue weighted by Crippen LogP contribution is -2.29. The minimum absolute atomic E-state index is 0.418. The second-order valence-electron chi connectivity index (χ2n) is 5.07. The summed E-state index contributed by atoms with van der Waals surface area (Å²) >= 11 is 0. The van der Waals surface area contributed by atoms with E-state index in [-0.39, 0.29) is 0 Å². The van der Waals surface area contributed by atoms with Crippen molar-refractivity contribution in [3.8, 4) is 0 Å². The number of allylic oxidation sites excluding steroid dienone is 1. The molecule has 0 aliphatic rings. The van der Waals surface area contributed by atoms with Gasteiger partial charge in [0.1, 0.15) is 5.60 Å². The number of alkyl carbamates (subject to hydrolysis) is 1. The SMILES string of the molecule is CC(C)(C)OC(=O)NC=CCCc1ccccc1. The lowest BCUT2D eigenvalue weighted by atomic mass is 10.1. The number of aryl methyl sites for hydroxylation is 1. The van der Waals surface area contributed by atoms with Crippen molar-refractivity contribution >= 4 is 6.09 Å². The molecule has 0 saturated heterocycles. The Labute approximate surface area is 109 Å². The van der Waals surface area contributed by atoms with Crippen molar-refractivity contribution in [2.75, 3.05) is 0 Å². The van der Waals surface area contributed by atoms with Crippen molar-refractivity contribution in [3.63, 3.8) is 0 Å². The average molecular weight is 247 g/mol. The summed E-state index contributed by atoms with van der Waals surface area (Å²) in [6.45, 7) is 5.52. The van der Waals surface area contributed by atoms with Crippen LogP contribution < -0.4 is 5.32 Å². The number of rotatable bonds is 4. The lowest BCUT2D eigenvalue weighted by molar-refractivity contribution is 0.0552. The van der Waals surface area contributed by atoms with Gasteiger partial charge in [0.15, 0.2) is 0 Å². The predicted molar refractivity (Wildman–Crippen MR) is 73.3 cm³/mol. The molecule has 3 heteroatoms. The first-order chi connectivity index (χ1) is 8.47. The molecule has 0 aliphatic heterocycles. The van der Waals surface area contributed by atoms with E-state index in [9.17, 15) is 4.79 Å². The van der Waals surface area contributed by atoms with E-state index >= 15 is 0 Å². The number of benzene rings is 1. The highest BCUT2D eigenvalue weighted by molar-refractivity contribution is 5.68. The molecule has 0 heterocycles. The van der Waals surface area contributed by atoms with Crippen LogP contribution in [-0.2, 0) is 11.2 Å². The minimum Gasteiger partial charge on any atom is -0.444 e. The molecule has 1 aromatic rings. The van der Waals surface area contributed by atoms with E-state index in [1.807, 2.05) is 45.0 Å². The molecule has 98 valence electrons. The first kappa shape index (κ1) is 14.3. The Morgan fingerprint density at radius 1 is 1.28 bits per heavy atom. The predicted octanol–water partition coefficient (Wildman–Crippen LogP) is 3.66. The Hall–Kier alpha value is -1.77. The number of carbonyl (C=O) groups excluding carboxylic acids is 1. The number of ether oxygens (including phenoxy) is 1. The molecule has 3 nitrogen and oxygen atoms in total. The number of hydrogen-bond donors (Lipinski definition) is 1. The van der Waals surface area contributed by atoms with Crippen LogP contribution in [0.2, 0.25) is 0 Å². The second kappa shape index (κ2) is 6.84. The van der Waals surface area contributed by atoms with Crippen LogP contribution in [0.4, 0.5) is 4.79 Å². The molecule has 18 heavy (non-hydrogen) atoms. The summed E-state index contributed by atoms with van der Waals surface area (Å²) in [7, 11) is 0. The van der Waals surface area contributed by atoms with Gasteiger partial charge in [-0.1, -0.05) is 36.4 Å². The first-order valence-electron chi connectivity index (χ1n) is 6.16. The minimum atomic E-state index is -0.456. The highest BCUT2D eigenvalue weighted by Crippen LogP contribution is 2.06. The fourth-order valence-corrected chi connectivity index (χ4v) is 1.41. The summed E-state index contributed by atoms with van der Waals surface area (Å²) in [5.74, 6) is 0. The van der Waals surface area contributed by atoms with Gasteiger partial charge in [-0.15, -0.1) is 0 Å². The van der Waals surface area contributed by atoms with Gasteiger partial charge in [0.25, 0.3) is 0 Å². The second-order valence-corrected chi connectivity index (χ2v) is 5.07. The highest BCUT2D eigenvalue weighted by Gasteiger charge is 2.14. The maximum absolute atomic E-state index is 11.3. The fourth-order valence-electron chi connectivity index (χ4n) is 1.41. The van der Waals surface area contributed by atoms with E-state index in [4.69, 9.17) is 4.74 Å². The van der Waals surface area contributed by atoms with Crippen LogP contribution in [0.5, 0.6) is 0 Å². The Bertz CT molecular complexity index is 391. The normalized spacial score (nSPS) is 11.5. The standard InChI is InChI=1S/C15H21NO2/c1-15(2,3)18-14(17)16-12-8-7-11-13-9-5-4-6-10-13/h4-6,8-10,12H,7,11H2,1-3H3,(H,16,17). The van der Waals surface area contributed by atoms with Gasteiger partial charge in [0, 0.05) is 6.20 Å². The number of carbonyl (C=O) groups is 1. The zero-order chi connectivity index (χ0) is 13.4. The third-order valence-electron chi connectivity index (χ3n) is 2.16. The van der Waals surface area contributed by atoms with Crippen molar-refractivity contribution in [2.24, 2.45) is 0 Å². The summed E-state index contributed by atoms with van der Waals surface area (Å²) in [5, 5.41) is 2.58. The summed E-state index contributed by atoms with van der Waals surface area (Å²) in [6.07, 6.45) is 5.00. The highest BCUT2D eigenvalue weighted by atomic mass is 16.6. The first-order valence-corrected chi connectivity index (χ1v) is 6.16. The van der Waals surface area contributed by atoms with Gasteiger partial charge in [-0.05, 0) is 39.2 Å². The summed E-state index contributed by atoms with van der Waals surface area (Å²) in [6, 6.07) is 10.2. The summed E-state index contributed by atoms with van der Waals surface area (Å²) in [5.41, 5.74) is 0.835. The van der Waals surface area contributed by atoms with Gasteiger partial charge in [-0.3, -0.25) is 5.32 Å². The molecule has 0 unspecified atom stereocenters. The van der Waals surface area contributed by atoms with Crippen molar-refractivity contribution < 1.29 is 9.53 Å². The largest absolute Gasteiger partial charge is 0.444 e. The van der Waals surface area contributed by atoms with Crippen molar-refractivity contribution in [1.29, 1.82) is 0 Å². The van der Waals surface area contributed by atoms with E-state index in [1.165, 1.54) is 5.56 Å². The molecular formula is C15H21NO2. The van der Waals surface area contributed by atoms with Gasteiger partial charge in [0.05, 0.1) is 0 Å². The van der Waals surface area contributed by atoms with E-state index in [1.54, 1.807) is 6.20 Å². The van der Waals surface area contributed by atoms with E-state index in [2.05, 4.69) is 17.4 Å². The molecule has 0 atom stereocenters. The van der Waals surface area contributed by atoms with Crippen LogP contribution in [0.25, 0.3) is 0 Å². The zero-order valence-corrected chi connectivity index (χ0v) is 11.3. The molecule has 0 radical (unpaired) electrons. The Morgan fingerprint density at radius 2 is 1.94 bits per heavy atom. The van der Waals surface area contributed by atoms with Crippen molar-refractivity contribution in [2.45, 2.75) is 39.2 Å². The third kappa shape index (κ3) is 6.74. The topological polar surface area (TPSA) is 38.3 Å². The van der Waals surface area contributed by atoms with Gasteiger partial charge in [-0.25, -0.2) is 4.79 Å². The quantitative estimate of drug-likeness (QED) is 0.881. The van der Waals surface area contributed by atoms with Gasteiger partial charge >= 0.3 is 6.09 Å². The lowest BCUT2D eigenvalue weighted by Gasteiger charge is -2.18. The molecule has 1 rings (SSSR count). The molecule has 0 bridgehead atoms. The Morgan fingerprint density at radius 3 is 2.56 bits per heavy atom. The van der Waals surface area contributed by atoms with Crippen LogP contribution >= 0.6 is 0 Å². The maximum Gasteiger partial charge on any atom is 0.411 e.